The highest BCUT2D eigenvalue weighted by Gasteiger charge is 2.05. The molecule has 0 saturated carbocycles. The lowest BCUT2D eigenvalue weighted by molar-refractivity contribution is -0.134. The van der Waals surface area contributed by atoms with Crippen molar-refractivity contribution < 1.29 is 24.6 Å². The molecule has 0 saturated heterocycles. The van der Waals surface area contributed by atoms with Gasteiger partial charge in [-0.15, -0.1) is 0 Å². The summed E-state index contributed by atoms with van der Waals surface area (Å²) in [5.41, 5.74) is 6.34. The van der Waals surface area contributed by atoms with Crippen molar-refractivity contribution in [3.63, 3.8) is 0 Å². The number of aliphatic carboxylic acids is 2. The van der Waals surface area contributed by atoms with Crippen LogP contribution >= 0.6 is 0 Å². The number of hydrogen-bond donors (Lipinski definition) is 3. The van der Waals surface area contributed by atoms with E-state index in [9.17, 15) is 14.4 Å². The number of carbonyl (C=O) groups is 3. The molecule has 0 aliphatic heterocycles. The molecule has 0 spiro atoms. The highest BCUT2D eigenvalue weighted by molar-refractivity contribution is 6.04. The number of aromatic nitrogens is 1. The van der Waals surface area contributed by atoms with Crippen LogP contribution < -0.4 is 5.73 Å². The summed E-state index contributed by atoms with van der Waals surface area (Å²) < 4.78 is 0. The van der Waals surface area contributed by atoms with Gasteiger partial charge in [0.25, 0.3) is 5.91 Å². The van der Waals surface area contributed by atoms with Gasteiger partial charge in [-0.1, -0.05) is 18.2 Å². The van der Waals surface area contributed by atoms with Crippen LogP contribution in [0.4, 0.5) is 0 Å². The van der Waals surface area contributed by atoms with Gasteiger partial charge in [0.05, 0.1) is 11.1 Å². The fourth-order valence-corrected chi connectivity index (χ4v) is 1.45. The first-order chi connectivity index (χ1) is 9.91. The summed E-state index contributed by atoms with van der Waals surface area (Å²) in [4.78, 5) is 34.2. The highest BCUT2D eigenvalue weighted by Crippen LogP contribution is 2.14. The first kappa shape index (κ1) is 15.8. The molecule has 7 nitrogen and oxygen atoms in total. The zero-order valence-corrected chi connectivity index (χ0v) is 10.8. The lowest BCUT2D eigenvalue weighted by Gasteiger charge is -2.00. The Morgan fingerprint density at radius 3 is 2.10 bits per heavy atom. The molecule has 108 valence electrons. The van der Waals surface area contributed by atoms with Crippen LogP contribution in [0.3, 0.4) is 0 Å². The summed E-state index contributed by atoms with van der Waals surface area (Å²) in [5.74, 6) is -2.95. The second-order valence-electron chi connectivity index (χ2n) is 3.75. The number of amides is 1. The van der Waals surface area contributed by atoms with Crippen molar-refractivity contribution in [2.75, 3.05) is 0 Å². The van der Waals surface area contributed by atoms with E-state index in [1.165, 1.54) is 0 Å². The molecule has 1 aromatic carbocycles. The molecule has 0 atom stereocenters. The third-order valence-electron chi connectivity index (χ3n) is 2.27. The van der Waals surface area contributed by atoms with E-state index in [0.29, 0.717) is 23.2 Å². The van der Waals surface area contributed by atoms with Crippen molar-refractivity contribution in [2.24, 2.45) is 5.73 Å². The predicted octanol–water partition coefficient (Wildman–Crippen LogP) is 1.05. The normalized spacial score (nSPS) is 9.90. The van der Waals surface area contributed by atoms with Crippen molar-refractivity contribution in [3.05, 3.63) is 54.2 Å². The summed E-state index contributed by atoms with van der Waals surface area (Å²) in [6.07, 6.45) is 2.76. The minimum Gasteiger partial charge on any atom is -0.478 e. The summed E-state index contributed by atoms with van der Waals surface area (Å²) in [6, 6.07) is 9.10. The van der Waals surface area contributed by atoms with Gasteiger partial charge in [0.15, 0.2) is 0 Å². The van der Waals surface area contributed by atoms with Gasteiger partial charge in [-0.25, -0.2) is 9.59 Å². The summed E-state index contributed by atoms with van der Waals surface area (Å²) >= 11 is 0. The van der Waals surface area contributed by atoms with Crippen LogP contribution in [0.5, 0.6) is 0 Å². The number of pyridine rings is 1. The Balaban J connectivity index is 0.000000240. The quantitative estimate of drug-likeness (QED) is 0.723. The van der Waals surface area contributed by atoms with Gasteiger partial charge in [0.2, 0.25) is 0 Å². The maximum absolute atomic E-state index is 11.0. The maximum Gasteiger partial charge on any atom is 0.328 e. The minimum absolute atomic E-state index is 0.440. The number of carbonyl (C=O) groups excluding carboxylic acids is 1. The van der Waals surface area contributed by atoms with Crippen molar-refractivity contribution in [2.45, 2.75) is 0 Å². The van der Waals surface area contributed by atoms with Gasteiger partial charge in [-0.2, -0.15) is 0 Å². The van der Waals surface area contributed by atoms with Crippen LogP contribution in [-0.4, -0.2) is 33.0 Å². The van der Waals surface area contributed by atoms with Gasteiger partial charge in [0.1, 0.15) is 0 Å². The number of hydrogen-bond acceptors (Lipinski definition) is 4. The Hall–Kier alpha value is -3.22. The van der Waals surface area contributed by atoms with E-state index in [1.807, 2.05) is 18.2 Å². The second kappa shape index (κ2) is 7.39. The first-order valence-electron chi connectivity index (χ1n) is 5.69. The standard InChI is InChI=1S/C10H8N2O.C4H4O4/c11-10(13)8-5-1-3-7-4-2-6-12-9(7)8;5-3(6)1-2-4(7)8/h1-6H,(H2,11,13);1-2H,(H,5,6)(H,7,8). The van der Waals surface area contributed by atoms with E-state index in [-0.39, 0.29) is 0 Å². The molecular weight excluding hydrogens is 276 g/mol. The number of para-hydroxylation sites is 1. The molecule has 1 amide bonds. The Bertz CT molecular complexity index is 688. The Morgan fingerprint density at radius 1 is 1.00 bits per heavy atom. The van der Waals surface area contributed by atoms with E-state index in [2.05, 4.69) is 4.98 Å². The monoisotopic (exact) mass is 288 g/mol. The second-order valence-corrected chi connectivity index (χ2v) is 3.75. The Labute approximate surface area is 119 Å². The van der Waals surface area contributed by atoms with Crippen LogP contribution in [0.15, 0.2) is 48.7 Å². The molecule has 0 aliphatic rings. The molecule has 0 unspecified atom stereocenters. The van der Waals surface area contributed by atoms with Crippen molar-refractivity contribution in [1.82, 2.24) is 4.98 Å². The molecule has 21 heavy (non-hydrogen) atoms. The topological polar surface area (TPSA) is 131 Å². The number of nitrogens with two attached hydrogens (primary N) is 1. The SMILES string of the molecule is NC(=O)c1cccc2cccnc12.O=C(O)C=CC(=O)O. The van der Waals surface area contributed by atoms with Crippen LogP contribution in [0, 0.1) is 0 Å². The van der Waals surface area contributed by atoms with Crippen LogP contribution in [-0.2, 0) is 9.59 Å². The fourth-order valence-electron chi connectivity index (χ4n) is 1.45. The first-order valence-corrected chi connectivity index (χ1v) is 5.69. The van der Waals surface area contributed by atoms with Gasteiger partial charge < -0.3 is 15.9 Å². The van der Waals surface area contributed by atoms with Crippen LogP contribution in [0.25, 0.3) is 10.9 Å². The average molecular weight is 288 g/mol. The molecule has 4 N–H and O–H groups in total. The van der Waals surface area contributed by atoms with E-state index in [1.54, 1.807) is 18.3 Å². The molecule has 7 heteroatoms. The molecule has 0 radical (unpaired) electrons. The Morgan fingerprint density at radius 2 is 1.57 bits per heavy atom. The van der Waals surface area contributed by atoms with Crippen LogP contribution in [0.1, 0.15) is 10.4 Å². The fraction of sp³-hybridized carbons (Fsp3) is 0. The minimum atomic E-state index is -1.26. The van der Waals surface area contributed by atoms with E-state index < -0.39 is 17.8 Å². The maximum atomic E-state index is 11.0. The van der Waals surface area contributed by atoms with Gasteiger partial charge in [0, 0.05) is 23.7 Å². The van der Waals surface area contributed by atoms with Crippen molar-refractivity contribution in [3.8, 4) is 0 Å². The largest absolute Gasteiger partial charge is 0.478 e. The molecule has 2 aromatic rings. The average Bonchev–Trinajstić information content (AvgIpc) is 2.45. The van der Waals surface area contributed by atoms with Gasteiger partial charge in [-0.3, -0.25) is 9.78 Å². The van der Waals surface area contributed by atoms with E-state index >= 15 is 0 Å². The van der Waals surface area contributed by atoms with Crippen LogP contribution in [0.2, 0.25) is 0 Å². The molecule has 0 fully saturated rings. The molecular formula is C14H12N2O5. The highest BCUT2D eigenvalue weighted by atomic mass is 16.4. The lowest BCUT2D eigenvalue weighted by Crippen LogP contribution is -2.11. The summed E-state index contributed by atoms with van der Waals surface area (Å²) in [6.45, 7) is 0. The molecule has 2 rings (SSSR count). The van der Waals surface area contributed by atoms with Gasteiger partial charge >= 0.3 is 11.9 Å². The predicted molar refractivity (Wildman–Crippen MR) is 74.7 cm³/mol. The lowest BCUT2D eigenvalue weighted by atomic mass is 10.1. The third-order valence-corrected chi connectivity index (χ3v) is 2.27. The van der Waals surface area contributed by atoms with Gasteiger partial charge in [-0.05, 0) is 12.1 Å². The van der Waals surface area contributed by atoms with E-state index in [4.69, 9.17) is 15.9 Å². The number of benzene rings is 1. The smallest absolute Gasteiger partial charge is 0.328 e. The summed E-state index contributed by atoms with van der Waals surface area (Å²) in [7, 11) is 0. The number of nitrogens with zero attached hydrogens (tertiary/aromatic N) is 1. The summed E-state index contributed by atoms with van der Waals surface area (Å²) in [5, 5.41) is 16.6. The number of rotatable bonds is 3. The molecule has 1 heterocycles. The molecule has 0 aliphatic carbocycles. The number of primary amides is 1. The Kier molecular flexibility index (Phi) is 5.57. The molecule has 1 aromatic heterocycles. The zero-order valence-electron chi connectivity index (χ0n) is 10.8. The van der Waals surface area contributed by atoms with E-state index in [0.717, 1.165) is 5.39 Å². The zero-order chi connectivity index (χ0) is 15.8. The third kappa shape index (κ3) is 5.11. The number of carboxylic acids is 2. The number of carboxylic acid groups (broad SMARTS) is 2. The number of fused-ring (bicyclic) bond motifs is 1. The van der Waals surface area contributed by atoms with Crippen molar-refractivity contribution >= 4 is 28.7 Å². The molecule has 0 bridgehead atoms. The van der Waals surface area contributed by atoms with Crippen molar-refractivity contribution in [1.29, 1.82) is 0 Å².